The van der Waals surface area contributed by atoms with Gasteiger partial charge in [-0.05, 0) is 42.8 Å². The molecule has 1 heterocycles. The van der Waals surface area contributed by atoms with Crippen molar-refractivity contribution in [1.29, 1.82) is 0 Å². The number of fused-ring (bicyclic) bond motifs is 1. The van der Waals surface area contributed by atoms with Crippen molar-refractivity contribution in [3.8, 4) is 17.2 Å². The summed E-state index contributed by atoms with van der Waals surface area (Å²) in [6, 6.07) is 12.2. The molecular formula is C21H23NO5. The molecule has 0 aliphatic carbocycles. The first-order chi connectivity index (χ1) is 12.9. The normalized spacial score (nSPS) is 13.9. The van der Waals surface area contributed by atoms with E-state index in [0.717, 1.165) is 0 Å². The summed E-state index contributed by atoms with van der Waals surface area (Å²) in [5.41, 5.74) is 1.26. The summed E-state index contributed by atoms with van der Waals surface area (Å²) in [4.78, 5) is 24.3. The predicted molar refractivity (Wildman–Crippen MR) is 102 cm³/mol. The molecule has 1 aliphatic heterocycles. The maximum atomic E-state index is 12.2. The molecule has 0 aromatic heterocycles. The molecule has 0 spiro atoms. The first-order valence-corrected chi connectivity index (χ1v) is 8.85. The highest BCUT2D eigenvalue weighted by molar-refractivity contribution is 5.97. The van der Waals surface area contributed by atoms with Crippen LogP contribution in [0.15, 0.2) is 42.5 Å². The maximum Gasteiger partial charge on any atom is 0.246 e. The minimum absolute atomic E-state index is 0.00997. The second-order valence-corrected chi connectivity index (χ2v) is 6.82. The van der Waals surface area contributed by atoms with Gasteiger partial charge in [0.25, 0.3) is 0 Å². The fourth-order valence-electron chi connectivity index (χ4n) is 2.85. The Bertz CT molecular complexity index is 842. The lowest BCUT2D eigenvalue weighted by Gasteiger charge is -2.16. The number of hydrogen-bond acceptors (Lipinski definition) is 5. The lowest BCUT2D eigenvalue weighted by atomic mass is 10.1. The van der Waals surface area contributed by atoms with Crippen LogP contribution in [-0.2, 0) is 4.79 Å². The quantitative estimate of drug-likeness (QED) is 0.741. The zero-order chi connectivity index (χ0) is 19.4. The summed E-state index contributed by atoms with van der Waals surface area (Å²) < 4.78 is 16.4. The van der Waals surface area contributed by atoms with Gasteiger partial charge in [-0.25, -0.2) is 0 Å². The highest BCUT2D eigenvalue weighted by Gasteiger charge is 2.31. The van der Waals surface area contributed by atoms with E-state index in [1.54, 1.807) is 49.6 Å². The summed E-state index contributed by atoms with van der Waals surface area (Å²) in [5, 5.41) is 2.83. The molecular weight excluding hydrogens is 346 g/mol. The van der Waals surface area contributed by atoms with Crippen LogP contribution in [0.5, 0.6) is 17.2 Å². The minimum Gasteiger partial charge on any atom is -0.497 e. The van der Waals surface area contributed by atoms with Crippen LogP contribution in [-0.4, -0.2) is 24.6 Å². The van der Waals surface area contributed by atoms with Crippen LogP contribution in [0.4, 0.5) is 5.69 Å². The molecule has 2 aromatic carbocycles. The average molecular weight is 369 g/mol. The van der Waals surface area contributed by atoms with E-state index in [1.165, 1.54) is 0 Å². The van der Waals surface area contributed by atoms with E-state index in [1.807, 2.05) is 13.8 Å². The van der Waals surface area contributed by atoms with Gasteiger partial charge in [0.2, 0.25) is 11.7 Å². The first kappa shape index (κ1) is 18.8. The fraction of sp³-hybridized carbons (Fsp3) is 0.333. The molecule has 2 aromatic rings. The molecule has 6 heteroatoms. The summed E-state index contributed by atoms with van der Waals surface area (Å²) in [7, 11) is 1.58. The third-order valence-electron chi connectivity index (χ3n) is 4.16. The number of nitrogens with one attached hydrogen (secondary N) is 1. The summed E-state index contributed by atoms with van der Waals surface area (Å²) in [6.07, 6.45) is 1.06. The second kappa shape index (κ2) is 7.70. The van der Waals surface area contributed by atoms with Crippen molar-refractivity contribution in [2.75, 3.05) is 12.4 Å². The molecule has 0 saturated carbocycles. The molecule has 0 unspecified atom stereocenters. The van der Waals surface area contributed by atoms with Gasteiger partial charge in [-0.3, -0.25) is 9.59 Å². The van der Waals surface area contributed by atoms with Crippen LogP contribution in [0.2, 0.25) is 0 Å². The van der Waals surface area contributed by atoms with Crippen molar-refractivity contribution >= 4 is 17.4 Å². The van der Waals surface area contributed by atoms with Crippen molar-refractivity contribution in [3.63, 3.8) is 0 Å². The summed E-state index contributed by atoms with van der Waals surface area (Å²) in [6.45, 7) is 3.65. The number of amides is 1. The molecule has 3 rings (SSSR count). The van der Waals surface area contributed by atoms with Crippen molar-refractivity contribution in [3.05, 3.63) is 48.0 Å². The highest BCUT2D eigenvalue weighted by atomic mass is 16.7. The van der Waals surface area contributed by atoms with Gasteiger partial charge in [0.05, 0.1) is 7.11 Å². The van der Waals surface area contributed by atoms with Crippen molar-refractivity contribution in [2.24, 2.45) is 0 Å². The topological polar surface area (TPSA) is 73.9 Å². The van der Waals surface area contributed by atoms with E-state index in [4.69, 9.17) is 14.2 Å². The molecule has 6 nitrogen and oxygen atoms in total. The molecule has 0 atom stereocenters. The fourth-order valence-corrected chi connectivity index (χ4v) is 2.85. The average Bonchev–Trinajstić information content (AvgIpc) is 2.94. The smallest absolute Gasteiger partial charge is 0.246 e. The third kappa shape index (κ3) is 4.78. The minimum atomic E-state index is -0.702. The van der Waals surface area contributed by atoms with Crippen LogP contribution in [0, 0.1) is 0 Å². The Balaban J connectivity index is 1.47. The lowest BCUT2D eigenvalue weighted by molar-refractivity contribution is -0.116. The van der Waals surface area contributed by atoms with Crippen molar-refractivity contribution in [1.82, 2.24) is 0 Å². The Hall–Kier alpha value is -3.02. The number of anilines is 1. The molecule has 27 heavy (non-hydrogen) atoms. The van der Waals surface area contributed by atoms with Crippen LogP contribution in [0.1, 0.15) is 43.5 Å². The number of ketones is 1. The standard InChI is InChI=1S/C21H23NO5/c1-21(2)26-18-12-9-15(13-19(18)27-21)22-20(24)6-4-5-17(23)14-7-10-16(25-3)11-8-14/h7-13H,4-6H2,1-3H3,(H,22,24). The van der Waals surface area contributed by atoms with E-state index < -0.39 is 5.79 Å². The molecule has 1 N–H and O–H groups in total. The number of methoxy groups -OCH3 is 1. The number of Topliss-reactive ketones (excluding diaryl/α,β-unsaturated/α-hetero) is 1. The van der Waals surface area contributed by atoms with Gasteiger partial charge in [-0.2, -0.15) is 0 Å². The summed E-state index contributed by atoms with van der Waals surface area (Å²) in [5.74, 6) is 1.13. The molecule has 142 valence electrons. The molecule has 0 saturated heterocycles. The Labute approximate surface area is 158 Å². The molecule has 0 bridgehead atoms. The van der Waals surface area contributed by atoms with E-state index in [2.05, 4.69) is 5.32 Å². The Morgan fingerprint density at radius 1 is 1.00 bits per heavy atom. The number of rotatable bonds is 7. The highest BCUT2D eigenvalue weighted by Crippen LogP contribution is 2.40. The van der Waals surface area contributed by atoms with Gasteiger partial charge in [0.15, 0.2) is 17.3 Å². The number of carbonyl (C=O) groups is 2. The molecule has 0 fully saturated rings. The maximum absolute atomic E-state index is 12.2. The molecule has 0 radical (unpaired) electrons. The van der Waals surface area contributed by atoms with E-state index in [-0.39, 0.29) is 18.1 Å². The first-order valence-electron chi connectivity index (χ1n) is 8.85. The monoisotopic (exact) mass is 369 g/mol. The van der Waals surface area contributed by atoms with Gasteiger partial charge in [0.1, 0.15) is 5.75 Å². The second-order valence-electron chi connectivity index (χ2n) is 6.82. The van der Waals surface area contributed by atoms with Gasteiger partial charge in [-0.15, -0.1) is 0 Å². The van der Waals surface area contributed by atoms with E-state index >= 15 is 0 Å². The van der Waals surface area contributed by atoms with Crippen molar-refractivity contribution < 1.29 is 23.8 Å². The van der Waals surface area contributed by atoms with Crippen LogP contribution in [0.3, 0.4) is 0 Å². The Morgan fingerprint density at radius 3 is 2.41 bits per heavy atom. The number of ether oxygens (including phenoxy) is 3. The van der Waals surface area contributed by atoms with Gasteiger partial charge in [-0.1, -0.05) is 0 Å². The van der Waals surface area contributed by atoms with Crippen molar-refractivity contribution in [2.45, 2.75) is 38.9 Å². The molecule has 1 aliphatic rings. The van der Waals surface area contributed by atoms with Crippen LogP contribution in [0.25, 0.3) is 0 Å². The number of hydrogen-bond donors (Lipinski definition) is 1. The largest absolute Gasteiger partial charge is 0.497 e. The van der Waals surface area contributed by atoms with Gasteiger partial charge >= 0.3 is 0 Å². The number of carbonyl (C=O) groups excluding carboxylic acids is 2. The Kier molecular flexibility index (Phi) is 5.35. The van der Waals surface area contributed by atoms with Crippen LogP contribution >= 0.6 is 0 Å². The predicted octanol–water partition coefficient (Wildman–Crippen LogP) is 4.19. The number of benzene rings is 2. The summed E-state index contributed by atoms with van der Waals surface area (Å²) >= 11 is 0. The SMILES string of the molecule is COc1ccc(C(=O)CCCC(=O)Nc2ccc3c(c2)OC(C)(C)O3)cc1. The zero-order valence-corrected chi connectivity index (χ0v) is 15.7. The van der Waals surface area contributed by atoms with E-state index in [9.17, 15) is 9.59 Å². The van der Waals surface area contributed by atoms with Crippen LogP contribution < -0.4 is 19.5 Å². The van der Waals surface area contributed by atoms with Gasteiger partial charge in [0, 0.05) is 44.0 Å². The van der Waals surface area contributed by atoms with Gasteiger partial charge < -0.3 is 19.5 Å². The third-order valence-corrected chi connectivity index (χ3v) is 4.16. The lowest BCUT2D eigenvalue weighted by Crippen LogP contribution is -2.29. The van der Waals surface area contributed by atoms with E-state index in [0.29, 0.717) is 41.3 Å². The zero-order valence-electron chi connectivity index (χ0n) is 15.7. The molecule has 1 amide bonds. The Morgan fingerprint density at radius 2 is 1.70 bits per heavy atom.